The average molecular weight is 397 g/mol. The van der Waals surface area contributed by atoms with Crippen LogP contribution in [0.25, 0.3) is 0 Å². The van der Waals surface area contributed by atoms with Gasteiger partial charge in [-0.05, 0) is 27.8 Å². The van der Waals surface area contributed by atoms with Gasteiger partial charge in [0.2, 0.25) is 0 Å². The fourth-order valence-corrected chi connectivity index (χ4v) is 8.80. The molecule has 1 saturated carbocycles. The van der Waals surface area contributed by atoms with E-state index in [0.717, 1.165) is 6.42 Å². The number of carbonyl (C=O) groups is 1. The molecule has 0 saturated heterocycles. The maximum absolute atomic E-state index is 11.2. The van der Waals surface area contributed by atoms with Crippen LogP contribution in [0.3, 0.4) is 0 Å². The van der Waals surface area contributed by atoms with E-state index >= 15 is 0 Å². The first kappa shape index (κ1) is 20.8. The number of ether oxygens (including phenoxy) is 1. The molecule has 2 atom stereocenters. The van der Waals surface area contributed by atoms with Crippen molar-refractivity contribution in [3.05, 3.63) is 60.7 Å². The second-order valence-corrected chi connectivity index (χ2v) is 13.6. The fourth-order valence-electron chi connectivity index (χ4n) is 4.19. The van der Waals surface area contributed by atoms with Gasteiger partial charge in [0.1, 0.15) is 0 Å². The molecule has 0 heterocycles. The predicted octanol–water partition coefficient (Wildman–Crippen LogP) is 4.15. The van der Waals surface area contributed by atoms with Gasteiger partial charge in [-0.25, -0.2) is 0 Å². The van der Waals surface area contributed by atoms with E-state index in [-0.39, 0.29) is 16.4 Å². The number of carbonyl (C=O) groups excluding carboxylic acids is 1. The minimum Gasteiger partial charge on any atom is -0.465 e. The van der Waals surface area contributed by atoms with Gasteiger partial charge in [-0.3, -0.25) is 4.79 Å². The van der Waals surface area contributed by atoms with Crippen LogP contribution in [0, 0.1) is 11.3 Å². The van der Waals surface area contributed by atoms with E-state index in [1.807, 2.05) is 0 Å². The van der Waals surface area contributed by atoms with E-state index in [4.69, 9.17) is 9.16 Å². The first-order valence-corrected chi connectivity index (χ1v) is 12.0. The molecule has 1 fully saturated rings. The summed E-state index contributed by atoms with van der Waals surface area (Å²) in [7, 11) is -2.49. The standard InChI is InChI=1S/C24H32O3Si/c1-19(25)26-18-24(5)16-20(24)17-27-28(23(2,3)4,21-12-8-6-9-13-21)22-14-10-7-11-15-22/h6-15,20H,16-18H2,1-5H3/t20-,24-/m0/s1. The molecule has 150 valence electrons. The third-order valence-electron chi connectivity index (χ3n) is 6.06. The van der Waals surface area contributed by atoms with Gasteiger partial charge in [0.25, 0.3) is 8.32 Å². The van der Waals surface area contributed by atoms with Gasteiger partial charge in [0.05, 0.1) is 6.61 Å². The Bertz CT molecular complexity index is 758. The van der Waals surface area contributed by atoms with Gasteiger partial charge in [-0.2, -0.15) is 0 Å². The van der Waals surface area contributed by atoms with Crippen molar-refractivity contribution in [2.75, 3.05) is 13.2 Å². The van der Waals surface area contributed by atoms with Gasteiger partial charge in [-0.15, -0.1) is 0 Å². The van der Waals surface area contributed by atoms with E-state index in [1.54, 1.807) is 0 Å². The maximum Gasteiger partial charge on any atom is 0.302 e. The Kier molecular flexibility index (Phi) is 5.83. The summed E-state index contributed by atoms with van der Waals surface area (Å²) in [6.45, 7) is 11.7. The van der Waals surface area contributed by atoms with E-state index in [1.165, 1.54) is 17.3 Å². The van der Waals surface area contributed by atoms with Crippen LogP contribution in [0.4, 0.5) is 0 Å². The molecule has 2 aromatic rings. The first-order chi connectivity index (χ1) is 13.2. The smallest absolute Gasteiger partial charge is 0.302 e. The highest BCUT2D eigenvalue weighted by atomic mass is 28.4. The Balaban J connectivity index is 1.91. The van der Waals surface area contributed by atoms with E-state index in [2.05, 4.69) is 88.4 Å². The molecule has 0 amide bonds. The molecule has 1 aliphatic rings. The number of rotatable bonds is 7. The zero-order valence-electron chi connectivity index (χ0n) is 17.7. The second kappa shape index (κ2) is 7.84. The molecule has 0 radical (unpaired) electrons. The third kappa shape index (κ3) is 4.08. The van der Waals surface area contributed by atoms with Gasteiger partial charge in [0.15, 0.2) is 0 Å². The summed E-state index contributed by atoms with van der Waals surface area (Å²) in [5.74, 6) is 0.216. The van der Waals surface area contributed by atoms with E-state index in [9.17, 15) is 4.79 Å². The molecule has 3 rings (SSSR count). The SMILES string of the molecule is CC(=O)OC[C@]1(C)C[C@H]1CO[Si](c1ccccc1)(c1ccccc1)C(C)(C)C. The lowest BCUT2D eigenvalue weighted by Gasteiger charge is -2.43. The van der Waals surface area contributed by atoms with Crippen LogP contribution in [0.15, 0.2) is 60.7 Å². The summed E-state index contributed by atoms with van der Waals surface area (Å²) >= 11 is 0. The highest BCUT2D eigenvalue weighted by Gasteiger charge is 2.55. The number of hydrogen-bond acceptors (Lipinski definition) is 3. The Hall–Kier alpha value is -1.91. The molecular weight excluding hydrogens is 364 g/mol. The Morgan fingerprint density at radius 3 is 1.96 bits per heavy atom. The molecule has 0 bridgehead atoms. The number of esters is 1. The Morgan fingerprint density at radius 2 is 1.54 bits per heavy atom. The molecule has 0 aromatic heterocycles. The van der Waals surface area contributed by atoms with E-state index < -0.39 is 8.32 Å². The zero-order chi connectivity index (χ0) is 20.4. The zero-order valence-corrected chi connectivity index (χ0v) is 18.7. The monoisotopic (exact) mass is 396 g/mol. The molecular formula is C24H32O3Si. The van der Waals surface area contributed by atoms with Crippen molar-refractivity contribution in [3.8, 4) is 0 Å². The minimum absolute atomic E-state index is 0.0170. The molecule has 3 nitrogen and oxygen atoms in total. The van der Waals surface area contributed by atoms with Crippen LogP contribution >= 0.6 is 0 Å². The van der Waals surface area contributed by atoms with Crippen LogP contribution in [0.2, 0.25) is 5.04 Å². The topological polar surface area (TPSA) is 35.5 Å². The molecule has 0 unspecified atom stereocenters. The van der Waals surface area contributed by atoms with Gasteiger partial charge in [0, 0.05) is 18.9 Å². The van der Waals surface area contributed by atoms with Gasteiger partial charge >= 0.3 is 5.97 Å². The van der Waals surface area contributed by atoms with Crippen molar-refractivity contribution in [3.63, 3.8) is 0 Å². The molecule has 1 aliphatic carbocycles. The third-order valence-corrected chi connectivity index (χ3v) is 11.1. The molecule has 0 aliphatic heterocycles. The quantitative estimate of drug-likeness (QED) is 0.521. The van der Waals surface area contributed by atoms with Crippen molar-refractivity contribution >= 4 is 24.7 Å². The molecule has 2 aromatic carbocycles. The van der Waals surface area contributed by atoms with Crippen LogP contribution in [0.1, 0.15) is 41.0 Å². The summed E-state index contributed by atoms with van der Waals surface area (Å²) in [4.78, 5) is 11.2. The molecule has 0 N–H and O–H groups in total. The maximum atomic E-state index is 11.2. The Labute approximate surface area is 170 Å². The van der Waals surface area contributed by atoms with Gasteiger partial charge in [-0.1, -0.05) is 88.4 Å². The van der Waals surface area contributed by atoms with Gasteiger partial charge < -0.3 is 9.16 Å². The number of hydrogen-bond donors (Lipinski definition) is 0. The first-order valence-electron chi connectivity index (χ1n) is 10.1. The summed E-state index contributed by atoms with van der Waals surface area (Å²) in [6, 6.07) is 21.4. The fraction of sp³-hybridized carbons (Fsp3) is 0.458. The lowest BCUT2D eigenvalue weighted by molar-refractivity contribution is -0.142. The largest absolute Gasteiger partial charge is 0.465 e. The number of benzene rings is 2. The van der Waals surface area contributed by atoms with Crippen LogP contribution in [-0.4, -0.2) is 27.5 Å². The van der Waals surface area contributed by atoms with E-state index in [0.29, 0.717) is 19.1 Å². The highest BCUT2D eigenvalue weighted by Crippen LogP contribution is 2.53. The van der Waals surface area contributed by atoms with Crippen LogP contribution in [-0.2, 0) is 14.0 Å². The molecule has 4 heteroatoms. The summed E-state index contributed by atoms with van der Waals surface area (Å²) < 4.78 is 12.3. The summed E-state index contributed by atoms with van der Waals surface area (Å²) in [6.07, 6.45) is 1.04. The predicted molar refractivity (Wildman–Crippen MR) is 116 cm³/mol. The Morgan fingerprint density at radius 1 is 1.04 bits per heavy atom. The minimum atomic E-state index is -2.49. The second-order valence-electron chi connectivity index (χ2n) is 9.31. The van der Waals surface area contributed by atoms with Crippen molar-refractivity contribution in [1.82, 2.24) is 0 Å². The normalized spacial score (nSPS) is 22.0. The van der Waals surface area contributed by atoms with Crippen molar-refractivity contribution in [1.29, 1.82) is 0 Å². The molecule has 0 spiro atoms. The lowest BCUT2D eigenvalue weighted by atomic mass is 10.1. The van der Waals surface area contributed by atoms with Crippen LogP contribution in [0.5, 0.6) is 0 Å². The molecule has 28 heavy (non-hydrogen) atoms. The van der Waals surface area contributed by atoms with Crippen molar-refractivity contribution < 1.29 is 14.0 Å². The van der Waals surface area contributed by atoms with Crippen molar-refractivity contribution in [2.45, 2.75) is 46.1 Å². The lowest BCUT2D eigenvalue weighted by Crippen LogP contribution is -2.66. The summed E-state index contributed by atoms with van der Waals surface area (Å²) in [5.41, 5.74) is 0.0388. The van der Waals surface area contributed by atoms with Crippen molar-refractivity contribution in [2.24, 2.45) is 11.3 Å². The highest BCUT2D eigenvalue weighted by molar-refractivity contribution is 6.99. The average Bonchev–Trinajstić information content (AvgIpc) is 3.32. The summed E-state index contributed by atoms with van der Waals surface area (Å²) in [5, 5.41) is 2.59. The van der Waals surface area contributed by atoms with Crippen LogP contribution < -0.4 is 10.4 Å².